The number of carbonyl (C=O) groups excluding carboxylic acids is 1. The van der Waals surface area contributed by atoms with Gasteiger partial charge in [-0.3, -0.25) is 0 Å². The Morgan fingerprint density at radius 2 is 1.80 bits per heavy atom. The number of phenols is 1. The van der Waals surface area contributed by atoms with Crippen molar-refractivity contribution in [2.24, 2.45) is 0 Å². The third kappa shape index (κ3) is 2.85. The van der Waals surface area contributed by atoms with E-state index in [1.807, 2.05) is 0 Å². The molecule has 3 N–H and O–H groups in total. The van der Waals surface area contributed by atoms with Crippen LogP contribution in [0.15, 0.2) is 42.5 Å². The maximum Gasteiger partial charge on any atom is 0.427 e. The third-order valence-corrected chi connectivity index (χ3v) is 3.95. The quantitative estimate of drug-likeness (QED) is 0.617. The van der Waals surface area contributed by atoms with E-state index < -0.39 is 29.1 Å². The van der Waals surface area contributed by atoms with Gasteiger partial charge in [-0.1, -0.05) is 41.6 Å². The number of aromatic hydroxyl groups is 1. The number of hydrogen-bond acceptors (Lipinski definition) is 2. The van der Waals surface area contributed by atoms with Crippen molar-refractivity contribution in [1.29, 1.82) is 0 Å². The van der Waals surface area contributed by atoms with E-state index in [1.54, 1.807) is 23.5 Å². The number of phenolic OH excluding ortho intramolecular Hbond substituents is 1. The molecule has 2 aromatic carbocycles. The van der Waals surface area contributed by atoms with E-state index in [9.17, 15) is 23.1 Å². The number of halogens is 4. The van der Waals surface area contributed by atoms with Gasteiger partial charge in [0.1, 0.15) is 5.75 Å². The fraction of sp³-hybridized carbons (Fsp3) is 0.118. The molecule has 0 saturated carbocycles. The van der Waals surface area contributed by atoms with Crippen molar-refractivity contribution in [1.82, 2.24) is 5.32 Å². The predicted molar refractivity (Wildman–Crippen MR) is 86.3 cm³/mol. The molecule has 0 saturated heterocycles. The van der Waals surface area contributed by atoms with Gasteiger partial charge in [-0.25, -0.2) is 4.79 Å². The number of alkyl halides is 3. The highest BCUT2D eigenvalue weighted by atomic mass is 35.5. The minimum Gasteiger partial charge on any atom is -0.506 e. The zero-order chi connectivity index (χ0) is 18.2. The van der Waals surface area contributed by atoms with Crippen molar-refractivity contribution >= 4 is 23.3 Å². The highest BCUT2D eigenvalue weighted by Gasteiger charge is 2.60. The van der Waals surface area contributed by atoms with Gasteiger partial charge in [0.05, 0.1) is 16.3 Å². The summed E-state index contributed by atoms with van der Waals surface area (Å²) in [6.45, 7) is 0. The predicted octanol–water partition coefficient (Wildman–Crippen LogP) is 3.99. The Morgan fingerprint density at radius 3 is 2.44 bits per heavy atom. The second-order valence-electron chi connectivity index (χ2n) is 5.26. The summed E-state index contributed by atoms with van der Waals surface area (Å²) in [6, 6.07) is 9.26. The number of nitrogens with one attached hydrogen (secondary N) is 2. The van der Waals surface area contributed by atoms with Crippen molar-refractivity contribution in [2.75, 3.05) is 5.32 Å². The normalized spacial score (nSPS) is 19.1. The molecule has 0 bridgehead atoms. The summed E-state index contributed by atoms with van der Waals surface area (Å²) >= 11 is 5.77. The molecule has 0 fully saturated rings. The van der Waals surface area contributed by atoms with Crippen molar-refractivity contribution in [3.05, 3.63) is 58.6 Å². The average Bonchev–Trinajstić information content (AvgIpc) is 2.56. The molecule has 0 spiro atoms. The number of amides is 2. The molecule has 1 atom stereocenters. The molecule has 1 heterocycles. The summed E-state index contributed by atoms with van der Waals surface area (Å²) in [5.41, 5.74) is -3.64. The van der Waals surface area contributed by atoms with Crippen LogP contribution in [0.5, 0.6) is 5.75 Å². The molecule has 8 heteroatoms. The summed E-state index contributed by atoms with van der Waals surface area (Å²) in [6.07, 6.45) is -5.01. The number of carbonyl (C=O) groups is 1. The molecular formula is C17H10ClF3N2O2. The summed E-state index contributed by atoms with van der Waals surface area (Å²) in [5.74, 6) is 3.68. The van der Waals surface area contributed by atoms with Gasteiger partial charge in [-0.15, -0.1) is 0 Å². The summed E-state index contributed by atoms with van der Waals surface area (Å²) in [5, 5.41) is 13.9. The molecule has 0 aromatic heterocycles. The van der Waals surface area contributed by atoms with Crippen LogP contribution in [0.1, 0.15) is 11.1 Å². The zero-order valence-corrected chi connectivity index (χ0v) is 13.2. The van der Waals surface area contributed by atoms with E-state index >= 15 is 0 Å². The second kappa shape index (κ2) is 5.90. The minimum atomic E-state index is -5.01. The molecular weight excluding hydrogens is 357 g/mol. The highest BCUT2D eigenvalue weighted by Crippen LogP contribution is 2.49. The van der Waals surface area contributed by atoms with Crippen LogP contribution >= 0.6 is 11.6 Å². The first-order valence-corrected chi connectivity index (χ1v) is 7.38. The lowest BCUT2D eigenvalue weighted by Gasteiger charge is -2.37. The van der Waals surface area contributed by atoms with Crippen LogP contribution in [0, 0.1) is 11.8 Å². The van der Waals surface area contributed by atoms with Gasteiger partial charge in [0.25, 0.3) is 0 Å². The monoisotopic (exact) mass is 366 g/mol. The second-order valence-corrected chi connectivity index (χ2v) is 5.67. The van der Waals surface area contributed by atoms with E-state index in [2.05, 4.69) is 17.2 Å². The molecule has 0 radical (unpaired) electrons. The van der Waals surface area contributed by atoms with Crippen LogP contribution in [0.4, 0.5) is 23.7 Å². The van der Waals surface area contributed by atoms with Crippen molar-refractivity contribution in [3.8, 4) is 17.6 Å². The zero-order valence-electron chi connectivity index (χ0n) is 12.4. The van der Waals surface area contributed by atoms with Gasteiger partial charge >= 0.3 is 12.2 Å². The molecule has 0 aliphatic carbocycles. The molecule has 128 valence electrons. The summed E-state index contributed by atoms with van der Waals surface area (Å²) in [7, 11) is 0. The van der Waals surface area contributed by atoms with Crippen LogP contribution in [0.2, 0.25) is 5.02 Å². The number of fused-ring (bicyclic) bond motifs is 1. The Bertz CT molecular complexity index is 904. The average molecular weight is 367 g/mol. The molecule has 25 heavy (non-hydrogen) atoms. The SMILES string of the molecule is O=C1Nc2ccc(Cl)c(O)c2C(C#Cc2ccccc2)(C(F)(F)F)N1. The first-order valence-electron chi connectivity index (χ1n) is 7.01. The topological polar surface area (TPSA) is 61.4 Å². The van der Waals surface area contributed by atoms with E-state index in [1.165, 1.54) is 24.3 Å². The Morgan fingerprint density at radius 1 is 1.12 bits per heavy atom. The van der Waals surface area contributed by atoms with Crippen molar-refractivity contribution in [3.63, 3.8) is 0 Å². The maximum absolute atomic E-state index is 14.0. The van der Waals surface area contributed by atoms with Gasteiger partial charge in [0, 0.05) is 5.56 Å². The lowest BCUT2D eigenvalue weighted by molar-refractivity contribution is -0.179. The molecule has 2 aromatic rings. The lowest BCUT2D eigenvalue weighted by Crippen LogP contribution is -2.59. The number of anilines is 1. The van der Waals surface area contributed by atoms with Gasteiger partial charge in [0.2, 0.25) is 5.54 Å². The Labute approximate surface area is 145 Å². The highest BCUT2D eigenvalue weighted by molar-refractivity contribution is 6.32. The van der Waals surface area contributed by atoms with Gasteiger partial charge in [0.15, 0.2) is 0 Å². The summed E-state index contributed by atoms with van der Waals surface area (Å²) in [4.78, 5) is 11.8. The molecule has 4 nitrogen and oxygen atoms in total. The molecule has 2 amide bonds. The number of hydrogen-bond donors (Lipinski definition) is 3. The Hall–Kier alpha value is -2.85. The largest absolute Gasteiger partial charge is 0.506 e. The van der Waals surface area contributed by atoms with Crippen LogP contribution < -0.4 is 10.6 Å². The van der Waals surface area contributed by atoms with Crippen LogP contribution in [0.25, 0.3) is 0 Å². The number of benzene rings is 2. The third-order valence-electron chi connectivity index (χ3n) is 3.65. The van der Waals surface area contributed by atoms with Crippen LogP contribution in [0.3, 0.4) is 0 Å². The van der Waals surface area contributed by atoms with Crippen molar-refractivity contribution < 1.29 is 23.1 Å². The standard InChI is InChI=1S/C17H10ClF3N2O2/c18-11-6-7-12-13(14(11)24)16(17(19,20)21,23-15(25)22-12)9-8-10-4-2-1-3-5-10/h1-7,24H,(H2,22,23,25). The van der Waals surface area contributed by atoms with E-state index in [0.29, 0.717) is 5.56 Å². The van der Waals surface area contributed by atoms with E-state index in [0.717, 1.165) is 0 Å². The minimum absolute atomic E-state index is 0.217. The first-order chi connectivity index (χ1) is 11.7. The van der Waals surface area contributed by atoms with E-state index in [-0.39, 0.29) is 10.7 Å². The van der Waals surface area contributed by atoms with Gasteiger partial charge in [-0.2, -0.15) is 13.2 Å². The van der Waals surface area contributed by atoms with Gasteiger partial charge < -0.3 is 15.7 Å². The molecule has 1 unspecified atom stereocenters. The lowest BCUT2D eigenvalue weighted by atomic mass is 9.85. The number of rotatable bonds is 0. The van der Waals surface area contributed by atoms with Gasteiger partial charge in [-0.05, 0) is 24.3 Å². The fourth-order valence-corrected chi connectivity index (χ4v) is 2.66. The first kappa shape index (κ1) is 17.0. The molecule has 3 rings (SSSR count). The maximum atomic E-state index is 14.0. The Balaban J connectivity index is 2.30. The molecule has 1 aliphatic heterocycles. The molecule has 1 aliphatic rings. The fourth-order valence-electron chi connectivity index (χ4n) is 2.50. The summed E-state index contributed by atoms with van der Waals surface area (Å²) < 4.78 is 41.9. The van der Waals surface area contributed by atoms with Crippen molar-refractivity contribution in [2.45, 2.75) is 11.7 Å². The van der Waals surface area contributed by atoms with Crippen LogP contribution in [-0.4, -0.2) is 17.3 Å². The Kier molecular flexibility index (Phi) is 4.01. The number of urea groups is 1. The van der Waals surface area contributed by atoms with E-state index in [4.69, 9.17) is 11.6 Å². The smallest absolute Gasteiger partial charge is 0.427 e. The van der Waals surface area contributed by atoms with Crippen LogP contribution in [-0.2, 0) is 5.54 Å².